The summed E-state index contributed by atoms with van der Waals surface area (Å²) in [5, 5.41) is 6.82. The van der Waals surface area contributed by atoms with Crippen LogP contribution in [0.5, 0.6) is 0 Å². The van der Waals surface area contributed by atoms with Crippen LogP contribution < -0.4 is 20.3 Å². The number of guanidine groups is 1. The van der Waals surface area contributed by atoms with Gasteiger partial charge in [0, 0.05) is 38.4 Å². The van der Waals surface area contributed by atoms with Crippen molar-refractivity contribution in [1.29, 1.82) is 0 Å². The average Bonchev–Trinajstić information content (AvgIpc) is 3.20. The zero-order chi connectivity index (χ0) is 20.7. The van der Waals surface area contributed by atoms with Gasteiger partial charge in [0.15, 0.2) is 5.96 Å². The first-order valence-electron chi connectivity index (χ1n) is 9.75. The van der Waals surface area contributed by atoms with E-state index in [1.165, 1.54) is 12.7 Å². The summed E-state index contributed by atoms with van der Waals surface area (Å²) in [6, 6.07) is 18.3. The summed E-state index contributed by atoms with van der Waals surface area (Å²) in [5.41, 5.74) is 3.01. The molecule has 0 radical (unpaired) electrons. The maximum absolute atomic E-state index is 11.8. The van der Waals surface area contributed by atoms with Crippen molar-refractivity contribution in [2.75, 3.05) is 32.1 Å². The van der Waals surface area contributed by atoms with Crippen LogP contribution in [-0.4, -0.2) is 47.6 Å². The SMILES string of the molecule is CN=C(NCc1cccc(CS(=O)(=O)NC)c1)NC1CCN(c2ccccc2)C1. The van der Waals surface area contributed by atoms with Crippen LogP contribution in [0.25, 0.3) is 0 Å². The molecule has 0 saturated carbocycles. The monoisotopic (exact) mass is 415 g/mol. The Kier molecular flexibility index (Phi) is 7.11. The van der Waals surface area contributed by atoms with E-state index in [9.17, 15) is 8.42 Å². The molecule has 1 aliphatic heterocycles. The van der Waals surface area contributed by atoms with Crippen LogP contribution in [0.15, 0.2) is 59.6 Å². The first-order chi connectivity index (χ1) is 14.0. The van der Waals surface area contributed by atoms with E-state index in [2.05, 4.69) is 49.5 Å². The van der Waals surface area contributed by atoms with E-state index >= 15 is 0 Å². The molecule has 0 aliphatic carbocycles. The van der Waals surface area contributed by atoms with Gasteiger partial charge in [0.05, 0.1) is 5.75 Å². The van der Waals surface area contributed by atoms with Crippen LogP contribution in [0.1, 0.15) is 17.5 Å². The molecular formula is C21H29N5O2S. The minimum absolute atomic E-state index is 0.0261. The van der Waals surface area contributed by atoms with Gasteiger partial charge in [-0.1, -0.05) is 42.5 Å². The molecule has 29 heavy (non-hydrogen) atoms. The Morgan fingerprint density at radius 1 is 1.14 bits per heavy atom. The molecule has 2 aromatic carbocycles. The van der Waals surface area contributed by atoms with Gasteiger partial charge in [-0.2, -0.15) is 0 Å². The Morgan fingerprint density at radius 2 is 1.90 bits per heavy atom. The van der Waals surface area contributed by atoms with Crippen molar-refractivity contribution in [2.24, 2.45) is 4.99 Å². The van der Waals surface area contributed by atoms with E-state index in [0.717, 1.165) is 36.6 Å². The largest absolute Gasteiger partial charge is 0.369 e. The van der Waals surface area contributed by atoms with Crippen molar-refractivity contribution in [3.8, 4) is 0 Å². The molecule has 0 amide bonds. The van der Waals surface area contributed by atoms with Crippen LogP contribution in [0.4, 0.5) is 5.69 Å². The van der Waals surface area contributed by atoms with Gasteiger partial charge in [0.25, 0.3) is 0 Å². The number of rotatable bonds is 7. The highest BCUT2D eigenvalue weighted by Gasteiger charge is 2.23. The number of para-hydroxylation sites is 1. The predicted molar refractivity (Wildman–Crippen MR) is 119 cm³/mol. The third-order valence-electron chi connectivity index (χ3n) is 4.99. The topological polar surface area (TPSA) is 85.8 Å². The van der Waals surface area contributed by atoms with Gasteiger partial charge >= 0.3 is 0 Å². The average molecular weight is 416 g/mol. The van der Waals surface area contributed by atoms with Crippen LogP contribution >= 0.6 is 0 Å². The molecule has 0 aromatic heterocycles. The molecule has 2 aromatic rings. The molecule has 0 spiro atoms. The number of benzene rings is 2. The van der Waals surface area contributed by atoms with E-state index < -0.39 is 10.0 Å². The maximum atomic E-state index is 11.8. The fraction of sp³-hybridized carbons (Fsp3) is 0.381. The van der Waals surface area contributed by atoms with Crippen LogP contribution in [0.3, 0.4) is 0 Å². The van der Waals surface area contributed by atoms with Crippen molar-refractivity contribution >= 4 is 21.7 Å². The van der Waals surface area contributed by atoms with E-state index in [4.69, 9.17) is 0 Å². The molecule has 1 atom stereocenters. The lowest BCUT2D eigenvalue weighted by atomic mass is 10.1. The molecule has 1 heterocycles. The fourth-order valence-electron chi connectivity index (χ4n) is 3.45. The summed E-state index contributed by atoms with van der Waals surface area (Å²) >= 11 is 0. The van der Waals surface area contributed by atoms with Crippen molar-refractivity contribution in [2.45, 2.75) is 24.8 Å². The standard InChI is InChI=1S/C21H29N5O2S/c1-22-21(25-19-11-12-26(15-19)20-9-4-3-5-10-20)24-14-17-7-6-8-18(13-17)16-29(27,28)23-2/h3-10,13,19,23H,11-12,14-16H2,1-2H3,(H2,22,24,25). The zero-order valence-corrected chi connectivity index (χ0v) is 17.7. The molecule has 1 unspecified atom stereocenters. The number of hydrogen-bond acceptors (Lipinski definition) is 4. The lowest BCUT2D eigenvalue weighted by Crippen LogP contribution is -2.44. The molecule has 8 heteroatoms. The van der Waals surface area contributed by atoms with Gasteiger partial charge in [-0.05, 0) is 36.7 Å². The third kappa shape index (κ3) is 6.20. The van der Waals surface area contributed by atoms with Gasteiger partial charge in [-0.3, -0.25) is 4.99 Å². The second kappa shape index (κ2) is 9.76. The summed E-state index contributed by atoms with van der Waals surface area (Å²) in [7, 11) is -0.0923. The normalized spacial score (nSPS) is 17.4. The number of aliphatic imine (C=N–C) groups is 1. The molecule has 1 aliphatic rings. The van der Waals surface area contributed by atoms with Gasteiger partial charge in [0.1, 0.15) is 0 Å². The summed E-state index contributed by atoms with van der Waals surface area (Å²) in [5.74, 6) is 0.722. The summed E-state index contributed by atoms with van der Waals surface area (Å²) in [6.07, 6.45) is 1.05. The Morgan fingerprint density at radius 3 is 2.62 bits per heavy atom. The Balaban J connectivity index is 1.52. The molecule has 1 saturated heterocycles. The lowest BCUT2D eigenvalue weighted by Gasteiger charge is -2.20. The Labute approximate surface area is 173 Å². The number of nitrogens with zero attached hydrogens (tertiary/aromatic N) is 2. The van der Waals surface area contributed by atoms with Crippen molar-refractivity contribution < 1.29 is 8.42 Å². The highest BCUT2D eigenvalue weighted by Crippen LogP contribution is 2.19. The number of anilines is 1. The quantitative estimate of drug-likeness (QED) is 0.473. The van der Waals surface area contributed by atoms with Gasteiger partial charge in [-0.15, -0.1) is 0 Å². The van der Waals surface area contributed by atoms with Gasteiger partial charge in [-0.25, -0.2) is 13.1 Å². The van der Waals surface area contributed by atoms with Crippen molar-refractivity contribution in [1.82, 2.24) is 15.4 Å². The summed E-state index contributed by atoms with van der Waals surface area (Å²) < 4.78 is 25.9. The maximum Gasteiger partial charge on any atom is 0.215 e. The predicted octanol–water partition coefficient (Wildman–Crippen LogP) is 1.68. The molecule has 3 rings (SSSR count). The van der Waals surface area contributed by atoms with Crippen LogP contribution in [0, 0.1) is 0 Å². The second-order valence-electron chi connectivity index (χ2n) is 7.12. The number of hydrogen-bond donors (Lipinski definition) is 3. The van der Waals surface area contributed by atoms with E-state index in [1.54, 1.807) is 7.05 Å². The first-order valence-corrected chi connectivity index (χ1v) is 11.4. The van der Waals surface area contributed by atoms with Gasteiger partial charge < -0.3 is 15.5 Å². The number of sulfonamides is 1. The van der Waals surface area contributed by atoms with Crippen molar-refractivity contribution in [3.05, 3.63) is 65.7 Å². The van der Waals surface area contributed by atoms with Crippen LogP contribution in [-0.2, 0) is 22.3 Å². The minimum Gasteiger partial charge on any atom is -0.369 e. The molecule has 3 N–H and O–H groups in total. The summed E-state index contributed by atoms with van der Waals surface area (Å²) in [6.45, 7) is 2.52. The molecular weight excluding hydrogens is 386 g/mol. The molecule has 1 fully saturated rings. The van der Waals surface area contributed by atoms with E-state index in [1.807, 2.05) is 30.3 Å². The highest BCUT2D eigenvalue weighted by molar-refractivity contribution is 7.88. The van der Waals surface area contributed by atoms with E-state index in [0.29, 0.717) is 12.6 Å². The van der Waals surface area contributed by atoms with E-state index in [-0.39, 0.29) is 5.75 Å². The number of nitrogens with one attached hydrogen (secondary N) is 3. The zero-order valence-electron chi connectivity index (χ0n) is 16.9. The fourth-order valence-corrected chi connectivity index (χ4v) is 4.21. The third-order valence-corrected chi connectivity index (χ3v) is 6.33. The second-order valence-corrected chi connectivity index (χ2v) is 9.05. The molecule has 7 nitrogen and oxygen atoms in total. The minimum atomic E-state index is -3.28. The Hall–Kier alpha value is -2.58. The lowest BCUT2D eigenvalue weighted by molar-refractivity contribution is 0.587. The smallest absolute Gasteiger partial charge is 0.215 e. The molecule has 0 bridgehead atoms. The van der Waals surface area contributed by atoms with Crippen molar-refractivity contribution in [3.63, 3.8) is 0 Å². The molecule has 156 valence electrons. The van der Waals surface area contributed by atoms with Crippen LogP contribution in [0.2, 0.25) is 0 Å². The first kappa shape index (κ1) is 21.1. The Bertz CT molecular complexity index is 931. The highest BCUT2D eigenvalue weighted by atomic mass is 32.2. The van der Waals surface area contributed by atoms with Gasteiger partial charge in [0.2, 0.25) is 10.0 Å². The summed E-state index contributed by atoms with van der Waals surface area (Å²) in [4.78, 5) is 6.70.